The van der Waals surface area contributed by atoms with Gasteiger partial charge in [-0.05, 0) is 31.9 Å². The number of carbonyl (C=O) groups is 2. The molecule has 0 saturated carbocycles. The van der Waals surface area contributed by atoms with Crippen molar-refractivity contribution in [3.8, 4) is 0 Å². The van der Waals surface area contributed by atoms with Crippen molar-refractivity contribution in [1.29, 1.82) is 0 Å². The van der Waals surface area contributed by atoms with Crippen molar-refractivity contribution in [3.63, 3.8) is 0 Å². The Balaban J connectivity index is 1.34. The van der Waals surface area contributed by atoms with Gasteiger partial charge < -0.3 is 24.0 Å². The third-order valence-corrected chi connectivity index (χ3v) is 4.83. The van der Waals surface area contributed by atoms with Gasteiger partial charge in [-0.1, -0.05) is 6.07 Å². The first-order chi connectivity index (χ1) is 13.1. The molecule has 2 aliphatic rings. The van der Waals surface area contributed by atoms with Crippen molar-refractivity contribution in [2.45, 2.75) is 32.0 Å². The first-order valence-corrected chi connectivity index (χ1v) is 9.47. The molecule has 2 fully saturated rings. The Labute approximate surface area is 159 Å². The van der Waals surface area contributed by atoms with Crippen LogP contribution in [0.3, 0.4) is 0 Å². The van der Waals surface area contributed by atoms with Gasteiger partial charge in [0.05, 0.1) is 12.7 Å². The van der Waals surface area contributed by atoms with E-state index in [-0.39, 0.29) is 18.6 Å². The Morgan fingerprint density at radius 3 is 2.78 bits per heavy atom. The Hall–Kier alpha value is -2.19. The maximum atomic E-state index is 12.3. The largest absolute Gasteiger partial charge is 0.454 e. The standard InChI is InChI=1S/C19H27N3O5/c1-15(26-13-16-5-4-12-25-16)19(24)27-14-18(23)22-10-8-21(9-11-22)17-6-2-3-7-20-17/h2-3,6-7,15-16H,4-5,8-14H2,1H3. The topological polar surface area (TPSA) is 81.2 Å². The molecule has 0 bridgehead atoms. The van der Waals surface area contributed by atoms with Gasteiger partial charge >= 0.3 is 5.97 Å². The zero-order valence-electron chi connectivity index (χ0n) is 15.7. The number of amides is 1. The first-order valence-electron chi connectivity index (χ1n) is 9.47. The molecule has 0 spiro atoms. The molecule has 2 saturated heterocycles. The molecule has 1 amide bonds. The zero-order chi connectivity index (χ0) is 19.1. The molecule has 8 heteroatoms. The van der Waals surface area contributed by atoms with E-state index in [1.807, 2.05) is 18.2 Å². The van der Waals surface area contributed by atoms with E-state index in [9.17, 15) is 9.59 Å². The summed E-state index contributed by atoms with van der Waals surface area (Å²) in [4.78, 5) is 32.5. The molecule has 0 radical (unpaired) electrons. The monoisotopic (exact) mass is 377 g/mol. The van der Waals surface area contributed by atoms with E-state index < -0.39 is 12.1 Å². The highest BCUT2D eigenvalue weighted by atomic mass is 16.6. The van der Waals surface area contributed by atoms with Crippen LogP contribution >= 0.6 is 0 Å². The number of ether oxygens (including phenoxy) is 3. The number of anilines is 1. The van der Waals surface area contributed by atoms with E-state index >= 15 is 0 Å². The molecule has 3 rings (SSSR count). The number of esters is 1. The summed E-state index contributed by atoms with van der Waals surface area (Å²) in [7, 11) is 0. The molecule has 0 N–H and O–H groups in total. The highest BCUT2D eigenvalue weighted by Gasteiger charge is 2.25. The minimum absolute atomic E-state index is 0.0530. The summed E-state index contributed by atoms with van der Waals surface area (Å²) >= 11 is 0. The highest BCUT2D eigenvalue weighted by molar-refractivity contribution is 5.82. The average Bonchev–Trinajstić information content (AvgIpc) is 3.24. The van der Waals surface area contributed by atoms with Crippen LogP contribution in [0.15, 0.2) is 24.4 Å². The van der Waals surface area contributed by atoms with Gasteiger partial charge in [0.2, 0.25) is 0 Å². The minimum atomic E-state index is -0.706. The lowest BCUT2D eigenvalue weighted by atomic mass is 10.2. The van der Waals surface area contributed by atoms with Crippen LogP contribution in [0.1, 0.15) is 19.8 Å². The molecule has 2 atom stereocenters. The van der Waals surface area contributed by atoms with Gasteiger partial charge in [0.15, 0.2) is 12.7 Å². The Bertz CT molecular complexity index is 613. The molecule has 1 aromatic rings. The predicted molar refractivity (Wildman–Crippen MR) is 98.4 cm³/mol. The molecular weight excluding hydrogens is 350 g/mol. The van der Waals surface area contributed by atoms with Crippen LogP contribution in [0.5, 0.6) is 0 Å². The van der Waals surface area contributed by atoms with Gasteiger partial charge in [0, 0.05) is 39.0 Å². The third-order valence-electron chi connectivity index (χ3n) is 4.83. The lowest BCUT2D eigenvalue weighted by molar-refractivity contribution is -0.162. The van der Waals surface area contributed by atoms with E-state index in [0.29, 0.717) is 32.8 Å². The van der Waals surface area contributed by atoms with Crippen LogP contribution in [-0.4, -0.2) is 80.0 Å². The first kappa shape index (κ1) is 19.6. The van der Waals surface area contributed by atoms with Gasteiger partial charge in [-0.15, -0.1) is 0 Å². The summed E-state index contributed by atoms with van der Waals surface area (Å²) in [5, 5.41) is 0. The van der Waals surface area contributed by atoms with Crippen molar-refractivity contribution in [1.82, 2.24) is 9.88 Å². The number of nitrogens with zero attached hydrogens (tertiary/aromatic N) is 3. The van der Waals surface area contributed by atoms with Crippen LogP contribution in [0, 0.1) is 0 Å². The van der Waals surface area contributed by atoms with Crippen molar-refractivity contribution in [2.75, 3.05) is 50.9 Å². The molecule has 2 unspecified atom stereocenters. The summed E-state index contributed by atoms with van der Waals surface area (Å²) in [5.41, 5.74) is 0. The molecule has 2 aliphatic heterocycles. The fourth-order valence-electron chi connectivity index (χ4n) is 3.16. The number of rotatable bonds is 7. The van der Waals surface area contributed by atoms with E-state index in [2.05, 4.69) is 9.88 Å². The van der Waals surface area contributed by atoms with Crippen molar-refractivity contribution in [2.24, 2.45) is 0 Å². The second-order valence-corrected chi connectivity index (χ2v) is 6.77. The SMILES string of the molecule is CC(OCC1CCCO1)C(=O)OCC(=O)N1CCN(c2ccccn2)CC1. The van der Waals surface area contributed by atoms with Crippen LogP contribution in [0.25, 0.3) is 0 Å². The summed E-state index contributed by atoms with van der Waals surface area (Å²) < 4.78 is 16.1. The Kier molecular flexibility index (Phi) is 7.00. The number of aromatic nitrogens is 1. The summed E-state index contributed by atoms with van der Waals surface area (Å²) in [5.74, 6) is 0.206. The Morgan fingerprint density at radius 2 is 2.11 bits per heavy atom. The van der Waals surface area contributed by atoms with Gasteiger partial charge in [-0.3, -0.25) is 4.79 Å². The number of piperazine rings is 1. The highest BCUT2D eigenvalue weighted by Crippen LogP contribution is 2.14. The maximum Gasteiger partial charge on any atom is 0.335 e. The lowest BCUT2D eigenvalue weighted by Crippen LogP contribution is -2.50. The average molecular weight is 377 g/mol. The second kappa shape index (κ2) is 9.66. The van der Waals surface area contributed by atoms with Crippen LogP contribution in [-0.2, 0) is 23.8 Å². The number of hydrogen-bond donors (Lipinski definition) is 0. The van der Waals surface area contributed by atoms with E-state index in [1.54, 1.807) is 18.0 Å². The smallest absolute Gasteiger partial charge is 0.335 e. The summed E-state index contributed by atoms with van der Waals surface area (Å²) in [6.45, 7) is 5.07. The van der Waals surface area contributed by atoms with Gasteiger partial charge in [0.25, 0.3) is 5.91 Å². The molecule has 27 heavy (non-hydrogen) atoms. The lowest BCUT2D eigenvalue weighted by Gasteiger charge is -2.35. The quantitative estimate of drug-likeness (QED) is 0.652. The van der Waals surface area contributed by atoms with Gasteiger partial charge in [-0.25, -0.2) is 9.78 Å². The molecule has 8 nitrogen and oxygen atoms in total. The molecule has 148 valence electrons. The van der Waals surface area contributed by atoms with Crippen molar-refractivity contribution < 1.29 is 23.8 Å². The van der Waals surface area contributed by atoms with Crippen LogP contribution in [0.4, 0.5) is 5.82 Å². The predicted octanol–water partition coefficient (Wildman–Crippen LogP) is 0.857. The Morgan fingerprint density at radius 1 is 1.30 bits per heavy atom. The summed E-state index contributed by atoms with van der Waals surface area (Å²) in [6.07, 6.45) is 3.08. The molecule has 3 heterocycles. The number of carbonyl (C=O) groups excluding carboxylic acids is 2. The second-order valence-electron chi connectivity index (χ2n) is 6.77. The number of hydrogen-bond acceptors (Lipinski definition) is 7. The molecular formula is C19H27N3O5. The van der Waals surface area contributed by atoms with Crippen molar-refractivity contribution in [3.05, 3.63) is 24.4 Å². The van der Waals surface area contributed by atoms with E-state index in [1.165, 1.54) is 0 Å². The maximum absolute atomic E-state index is 12.3. The van der Waals surface area contributed by atoms with E-state index in [0.717, 1.165) is 25.3 Å². The summed E-state index contributed by atoms with van der Waals surface area (Å²) in [6, 6.07) is 5.78. The van der Waals surface area contributed by atoms with Crippen LogP contribution in [0.2, 0.25) is 0 Å². The van der Waals surface area contributed by atoms with Crippen molar-refractivity contribution >= 4 is 17.7 Å². The fraction of sp³-hybridized carbons (Fsp3) is 0.632. The number of pyridine rings is 1. The molecule has 0 aromatic carbocycles. The minimum Gasteiger partial charge on any atom is -0.454 e. The van der Waals surface area contributed by atoms with Gasteiger partial charge in [-0.2, -0.15) is 0 Å². The van der Waals surface area contributed by atoms with Crippen LogP contribution < -0.4 is 4.90 Å². The fourth-order valence-corrected chi connectivity index (χ4v) is 3.16. The third kappa shape index (κ3) is 5.64. The van der Waals surface area contributed by atoms with Gasteiger partial charge in [0.1, 0.15) is 5.82 Å². The molecule has 1 aromatic heterocycles. The van der Waals surface area contributed by atoms with E-state index in [4.69, 9.17) is 14.2 Å². The normalized spacial score (nSPS) is 21.1. The zero-order valence-corrected chi connectivity index (χ0v) is 15.7. The molecule has 0 aliphatic carbocycles.